The quantitative estimate of drug-likeness (QED) is 0.0216. The average molecular weight is 1950 g/mol. The Labute approximate surface area is 816 Å². The van der Waals surface area contributed by atoms with Gasteiger partial charge in [-0.3, -0.25) is 0 Å². The minimum Gasteiger partial charge on any atom is -0.497 e. The smallest absolute Gasteiger partial charge is 0.420 e. The highest BCUT2D eigenvalue weighted by atomic mass is 35.5. The van der Waals surface area contributed by atoms with Crippen molar-refractivity contribution >= 4 is 174 Å². The second-order valence-corrected chi connectivity index (χ2v) is 35.1. The predicted molar refractivity (Wildman–Crippen MR) is 544 cm³/mol. The van der Waals surface area contributed by atoms with Gasteiger partial charge in [-0.05, 0) is 216 Å². The number of nitrogens with zero attached hydrogens (tertiary/aromatic N) is 19. The second kappa shape index (κ2) is 54.4. The zero-order valence-electron chi connectivity index (χ0n) is 78.7. The minimum absolute atomic E-state index is 0.194. The number of benzene rings is 7. The number of ether oxygens (including phenoxy) is 6. The highest BCUT2D eigenvalue weighted by Crippen LogP contribution is 2.36. The molecular weight excluding hydrogens is 1830 g/mol. The summed E-state index contributed by atoms with van der Waals surface area (Å²) in [7, 11) is 15.0. The fraction of sp³-hybridized carbons (Fsp3) is 0.365. The van der Waals surface area contributed by atoms with Crippen molar-refractivity contribution in [3.8, 4) is 23.0 Å². The molecule has 0 aliphatic carbocycles. The van der Waals surface area contributed by atoms with Gasteiger partial charge >= 0.3 is 12.2 Å². The molecule has 32 nitrogen and oxygen atoms in total. The number of carbonyl (C=O) groups excluding carboxylic acids is 3. The number of aromatic nitrogens is 8. The molecule has 0 unspecified atom stereocenters. The molecule has 8 heterocycles. The predicted octanol–water partition coefficient (Wildman–Crippen LogP) is 19.4. The number of nitrogens with one attached hydrogen (secondary N) is 2. The van der Waals surface area contributed by atoms with Crippen LogP contribution in [0.5, 0.6) is 23.0 Å². The molecule has 134 heavy (non-hydrogen) atoms. The monoisotopic (exact) mass is 1950 g/mol. The molecule has 15 rings (SSSR count). The molecule has 4 aliphatic heterocycles. The standard InChI is InChI=1S/C28H36N6O4.C20H26ClN5O2.C15H18ClN5.C11H17N3.C9H9NO.C8H11NO2.C4H2Cl2N2.CH2Cl2/c1-28(2,3)38-27(35)34(21-9-7-20(8-10-21)33-15-13-32(4)14-16-33)26-18-25(29-19-30-26)31-23-12-11-22(36-5)17-24(23)37-6;1-20(2,3)28-19(27)26(18-13-17(21)22-14-23-18)16-7-5-15(6-8-16)25-11-9-24(4)10-12-25;1-20-6-8-21(9-7-20)13-4-2-12(3-5-13)19-15-10-14(16)17-11-18-15;1-13-6-8-14(9-7-13)11-4-2-10(12)3-5-11;1-7-4-3-5-8(2)9(7)10-6-11;1-10-6-3-4-7(9)8(5-6)11-2;5-3-1-4(6)8-2-7-3;2-1-3/h7-12,17-19H,13-16H2,1-6H3,(H,29,30,31);5-8,13-14H,9-12H2,1-4H3;2-5,10-11H,6-9H2,1H3,(H,17,18,19);2-5H,6-9,12H2,1H3;3-5H,1-2H3;3-5H,9H2,1-2H3;1-2H;1H2. The van der Waals surface area contributed by atoms with Crippen LogP contribution in [0.25, 0.3) is 0 Å². The number of rotatable bonds is 17. The maximum absolute atomic E-state index is 13.4. The number of carbonyl (C=O) groups is 2. The van der Waals surface area contributed by atoms with Crippen molar-refractivity contribution in [2.75, 3.05) is 218 Å². The van der Waals surface area contributed by atoms with Gasteiger partial charge in [0.25, 0.3) is 0 Å². The molecule has 0 saturated carbocycles. The minimum atomic E-state index is -0.681. The van der Waals surface area contributed by atoms with Crippen molar-refractivity contribution in [1.82, 2.24) is 59.5 Å². The van der Waals surface area contributed by atoms with Gasteiger partial charge in [0.2, 0.25) is 6.08 Å². The van der Waals surface area contributed by atoms with Crippen LogP contribution in [0.4, 0.5) is 95.4 Å². The van der Waals surface area contributed by atoms with Crippen molar-refractivity contribution in [3.63, 3.8) is 0 Å². The largest absolute Gasteiger partial charge is 0.497 e. The summed E-state index contributed by atoms with van der Waals surface area (Å²) in [6.45, 7) is 31.7. The molecule has 6 N–H and O–H groups in total. The first kappa shape index (κ1) is 107. The number of methoxy groups -OCH3 is 4. The summed E-state index contributed by atoms with van der Waals surface area (Å²) >= 11 is 32.2. The third-order valence-electron chi connectivity index (χ3n) is 20.5. The third kappa shape index (κ3) is 36.1. The summed E-state index contributed by atoms with van der Waals surface area (Å²) in [5, 5.41) is 8.08. The molecule has 4 aliphatic rings. The van der Waals surface area contributed by atoms with Crippen molar-refractivity contribution in [3.05, 3.63) is 233 Å². The first-order chi connectivity index (χ1) is 64.1. The van der Waals surface area contributed by atoms with Gasteiger partial charge in [-0.15, -0.1) is 23.2 Å². The molecule has 11 aromatic rings. The van der Waals surface area contributed by atoms with E-state index in [4.69, 9.17) is 109 Å². The van der Waals surface area contributed by atoms with Gasteiger partial charge in [-0.1, -0.05) is 64.6 Å². The topological polar surface area (TPSA) is 331 Å². The van der Waals surface area contributed by atoms with Crippen LogP contribution in [0.2, 0.25) is 20.6 Å². The Morgan fingerprint density at radius 2 is 0.761 bits per heavy atom. The lowest BCUT2D eigenvalue weighted by Gasteiger charge is -2.34. The number of alkyl halides is 2. The van der Waals surface area contributed by atoms with Crippen LogP contribution in [0, 0.1) is 13.8 Å². The van der Waals surface area contributed by atoms with Crippen LogP contribution in [-0.4, -0.2) is 256 Å². The molecule has 2 amide bonds. The fourth-order valence-electron chi connectivity index (χ4n) is 13.3. The number of aliphatic imine (C=N–C) groups is 1. The van der Waals surface area contributed by atoms with Crippen LogP contribution in [0.15, 0.2) is 206 Å². The van der Waals surface area contributed by atoms with Gasteiger partial charge in [0.05, 0.1) is 62.2 Å². The number of isocyanates is 1. The molecule has 38 heteroatoms. The Balaban J connectivity index is 0.000000203. The molecule has 0 bridgehead atoms. The van der Waals surface area contributed by atoms with Crippen molar-refractivity contribution in [2.45, 2.75) is 66.6 Å². The van der Waals surface area contributed by atoms with E-state index in [2.05, 4.69) is 159 Å². The molecule has 4 fully saturated rings. The maximum Gasteiger partial charge on any atom is 0.420 e. The van der Waals surface area contributed by atoms with Crippen LogP contribution in [0.3, 0.4) is 0 Å². The zero-order valence-corrected chi connectivity index (χ0v) is 83.2. The van der Waals surface area contributed by atoms with Gasteiger partial charge in [-0.2, -0.15) is 4.99 Å². The van der Waals surface area contributed by atoms with Gasteiger partial charge < -0.3 is 89.7 Å². The SMILES string of the molecule is CN1CCN(c2ccc(N(C(=O)OC(C)(C)C)c3cc(Cl)ncn3)cc2)CC1.CN1CCN(c2ccc(N)cc2)CC1.CN1CCN(c2ccc(Nc3cc(Cl)ncn3)cc2)CC1.COc1ccc(N)c(OC)c1.COc1ccc(Nc2cc(N(C(=O)OC(C)(C)C)c3ccc(N4CCN(C)CC4)cc3)ncn2)c(OC)c1.Cc1cccc(C)c1N=C=O.ClCCl.Clc1cc(Cl)ncn1. The summed E-state index contributed by atoms with van der Waals surface area (Å²) in [6, 6.07) is 55.1. The number of halogens is 6. The number of para-hydroxylation sites is 1. The molecule has 716 valence electrons. The summed E-state index contributed by atoms with van der Waals surface area (Å²) in [5.74, 6) is 4.57. The normalized spacial score (nSPS) is 13.8. The second-order valence-electron chi connectivity index (χ2n) is 32.8. The Morgan fingerprint density at radius 1 is 0.418 bits per heavy atom. The van der Waals surface area contributed by atoms with E-state index in [1.54, 1.807) is 77.0 Å². The third-order valence-corrected chi connectivity index (χ3v) is 21.4. The number of piperazine rings is 4. The fourth-order valence-corrected chi connectivity index (χ4v) is 14.0. The molecule has 0 radical (unpaired) electrons. The van der Waals surface area contributed by atoms with Gasteiger partial charge in [0.1, 0.15) is 103 Å². The zero-order chi connectivity index (χ0) is 97.4. The molecule has 0 atom stereocenters. The number of amides is 2. The van der Waals surface area contributed by atoms with E-state index < -0.39 is 23.4 Å². The van der Waals surface area contributed by atoms with E-state index in [1.807, 2.05) is 146 Å². The van der Waals surface area contributed by atoms with Gasteiger partial charge in [0.15, 0.2) is 0 Å². The van der Waals surface area contributed by atoms with Crippen LogP contribution in [-0.2, 0) is 14.3 Å². The van der Waals surface area contributed by atoms with Crippen molar-refractivity contribution in [1.29, 1.82) is 0 Å². The lowest BCUT2D eigenvalue weighted by molar-refractivity contribution is 0.0587. The number of aryl methyl sites for hydroxylation is 2. The summed E-state index contributed by atoms with van der Waals surface area (Å²) in [6.07, 6.45) is 5.98. The number of hydrogen-bond donors (Lipinski definition) is 4. The molecule has 7 aromatic carbocycles. The highest BCUT2D eigenvalue weighted by Gasteiger charge is 2.30. The first-order valence-electron chi connectivity index (χ1n) is 42.9. The Hall–Kier alpha value is -12.0. The lowest BCUT2D eigenvalue weighted by atomic mass is 10.1. The number of anilines is 14. The van der Waals surface area contributed by atoms with Crippen molar-refractivity contribution < 1.29 is 42.8 Å². The Kier molecular flexibility index (Phi) is 43.5. The number of hydrogen-bond acceptors (Lipinski definition) is 30. The summed E-state index contributed by atoms with van der Waals surface area (Å²) in [5.41, 5.74) is 21.9. The number of nitrogens with two attached hydrogens (primary N) is 2. The van der Waals surface area contributed by atoms with E-state index in [1.165, 1.54) is 52.6 Å². The maximum atomic E-state index is 13.4. The first-order valence-corrected chi connectivity index (χ1v) is 45.5. The van der Waals surface area contributed by atoms with E-state index in [0.29, 0.717) is 78.7 Å². The van der Waals surface area contributed by atoms with E-state index >= 15 is 0 Å². The Morgan fingerprint density at radius 3 is 1.13 bits per heavy atom. The van der Waals surface area contributed by atoms with Gasteiger partial charge in [-0.25, -0.2) is 64.1 Å². The van der Waals surface area contributed by atoms with E-state index in [9.17, 15) is 14.4 Å². The average Bonchev–Trinajstić information content (AvgIpc) is 0.801. The van der Waals surface area contributed by atoms with Crippen LogP contribution < -0.4 is 70.4 Å². The highest BCUT2D eigenvalue weighted by molar-refractivity contribution is 6.40. The molecule has 4 saturated heterocycles. The van der Waals surface area contributed by atoms with Crippen LogP contribution in [0.1, 0.15) is 52.7 Å². The van der Waals surface area contributed by atoms with Gasteiger partial charge in [0, 0.05) is 175 Å². The van der Waals surface area contributed by atoms with Crippen molar-refractivity contribution in [2.24, 2.45) is 4.99 Å². The summed E-state index contributed by atoms with van der Waals surface area (Å²) < 4.78 is 32.0. The van der Waals surface area contributed by atoms with E-state index in [0.717, 1.165) is 150 Å². The lowest BCUT2D eigenvalue weighted by Crippen LogP contribution is -2.44. The number of likely N-dealkylation sites (N-methyl/N-ethyl adjacent to an activating group) is 4. The molecular formula is C96H121Cl6N23O9. The van der Waals surface area contributed by atoms with Crippen LogP contribution >= 0.6 is 69.6 Å². The Bertz CT molecular complexity index is 5430. The van der Waals surface area contributed by atoms with E-state index in [-0.39, 0.29) is 10.5 Å². The number of nitrogen functional groups attached to an aromatic ring is 2. The molecule has 4 aromatic heterocycles. The summed E-state index contributed by atoms with van der Waals surface area (Å²) in [4.78, 5) is 93.6. The molecule has 0 spiro atoms.